The molecule has 0 bridgehead atoms. The average molecular weight is 401 g/mol. The van der Waals surface area contributed by atoms with Crippen molar-refractivity contribution in [2.45, 2.75) is 11.6 Å². The molecule has 144 valence electrons. The summed E-state index contributed by atoms with van der Waals surface area (Å²) in [5.41, 5.74) is 0.289. The lowest BCUT2D eigenvalue weighted by atomic mass is 10.2. The predicted octanol–water partition coefficient (Wildman–Crippen LogP) is 0.0982. The van der Waals surface area contributed by atoms with Crippen LogP contribution < -0.4 is 5.32 Å². The topological polar surface area (TPSA) is 116 Å². The van der Waals surface area contributed by atoms with Crippen LogP contribution in [-0.4, -0.2) is 86.9 Å². The fourth-order valence-corrected chi connectivity index (χ4v) is 3.66. The van der Waals surface area contributed by atoms with E-state index in [1.54, 1.807) is 28.0 Å². The maximum atomic E-state index is 12.1. The van der Waals surface area contributed by atoms with Crippen molar-refractivity contribution in [3.63, 3.8) is 0 Å². The molecule has 2 aromatic rings. The second-order valence-corrected chi connectivity index (χ2v) is 7.84. The number of carbonyl (C=O) groups is 1. The van der Waals surface area contributed by atoms with Crippen LogP contribution in [0.2, 0.25) is 0 Å². The van der Waals surface area contributed by atoms with Gasteiger partial charge in [0.25, 0.3) is 5.91 Å². The molecule has 3 N–H and O–H groups in total. The van der Waals surface area contributed by atoms with E-state index < -0.39 is 0 Å². The van der Waals surface area contributed by atoms with Gasteiger partial charge in [0.1, 0.15) is 12.0 Å². The summed E-state index contributed by atoms with van der Waals surface area (Å²) in [7, 11) is 4.08. The van der Waals surface area contributed by atoms with Crippen molar-refractivity contribution in [1.82, 2.24) is 30.0 Å². The number of amides is 1. The molecule has 0 aliphatic heterocycles. The molecule has 0 aliphatic rings. The van der Waals surface area contributed by atoms with Gasteiger partial charge in [-0.1, -0.05) is 11.8 Å². The Bertz CT molecular complexity index is 686. The zero-order valence-corrected chi connectivity index (χ0v) is 16.5. The quantitative estimate of drug-likeness (QED) is 0.359. The Hall–Kier alpha value is -1.53. The van der Waals surface area contributed by atoms with Gasteiger partial charge >= 0.3 is 0 Å². The van der Waals surface area contributed by atoms with Gasteiger partial charge < -0.3 is 20.4 Å². The lowest BCUT2D eigenvalue weighted by Crippen LogP contribution is -2.32. The molecule has 0 aliphatic carbocycles. The number of thioether (sulfide) groups is 1. The van der Waals surface area contributed by atoms with E-state index in [0.29, 0.717) is 5.13 Å². The molecule has 0 saturated carbocycles. The Kier molecular flexibility index (Phi) is 8.45. The van der Waals surface area contributed by atoms with Gasteiger partial charge in [0.2, 0.25) is 0 Å². The summed E-state index contributed by atoms with van der Waals surface area (Å²) >= 11 is 2.93. The van der Waals surface area contributed by atoms with Crippen LogP contribution in [0.5, 0.6) is 0 Å². The van der Waals surface area contributed by atoms with Gasteiger partial charge in [-0.05, 0) is 27.1 Å². The Morgan fingerprint density at radius 3 is 2.88 bits per heavy atom. The number of aliphatic hydroxyl groups excluding tert-OH is 2. The average Bonchev–Trinajstić information content (AvgIpc) is 3.28. The third kappa shape index (κ3) is 6.02. The molecule has 1 amide bonds. The van der Waals surface area contributed by atoms with Crippen molar-refractivity contribution in [3.05, 3.63) is 17.4 Å². The number of hydrogen-bond acceptors (Lipinski definition) is 9. The van der Waals surface area contributed by atoms with Gasteiger partial charge in [0.05, 0.1) is 0 Å². The highest BCUT2D eigenvalue weighted by atomic mass is 32.2. The second-order valence-electron chi connectivity index (χ2n) is 5.95. The third-order valence-corrected chi connectivity index (χ3v) is 5.37. The minimum absolute atomic E-state index is 0.186. The van der Waals surface area contributed by atoms with Crippen molar-refractivity contribution in [1.29, 1.82) is 0 Å². The van der Waals surface area contributed by atoms with E-state index in [2.05, 4.69) is 25.4 Å². The third-order valence-electron chi connectivity index (χ3n) is 3.50. The van der Waals surface area contributed by atoms with Gasteiger partial charge in [-0.15, -0.1) is 21.5 Å². The van der Waals surface area contributed by atoms with E-state index in [-0.39, 0.29) is 37.3 Å². The first-order chi connectivity index (χ1) is 12.5. The van der Waals surface area contributed by atoms with E-state index in [9.17, 15) is 4.79 Å². The molecule has 26 heavy (non-hydrogen) atoms. The van der Waals surface area contributed by atoms with Crippen molar-refractivity contribution in [2.24, 2.45) is 5.92 Å². The molecule has 0 unspecified atom stereocenters. The molecule has 0 saturated heterocycles. The molecule has 0 aromatic carbocycles. The summed E-state index contributed by atoms with van der Waals surface area (Å²) in [4.78, 5) is 18.6. The molecule has 0 radical (unpaired) electrons. The predicted molar refractivity (Wildman–Crippen MR) is 101 cm³/mol. The summed E-state index contributed by atoms with van der Waals surface area (Å²) < 4.78 is 1.77. The number of thiazole rings is 1. The molecule has 0 fully saturated rings. The van der Waals surface area contributed by atoms with Gasteiger partial charge in [0, 0.05) is 36.8 Å². The molecule has 11 heteroatoms. The number of aromatic nitrogens is 4. The summed E-state index contributed by atoms with van der Waals surface area (Å²) in [5, 5.41) is 31.8. The van der Waals surface area contributed by atoms with Crippen LogP contribution in [0.3, 0.4) is 0 Å². The second kappa shape index (κ2) is 10.6. The number of rotatable bonds is 11. The zero-order valence-electron chi connectivity index (χ0n) is 14.8. The first-order valence-electron chi connectivity index (χ1n) is 8.18. The van der Waals surface area contributed by atoms with Gasteiger partial charge in [-0.25, -0.2) is 4.98 Å². The van der Waals surface area contributed by atoms with Crippen LogP contribution in [0.4, 0.5) is 0 Å². The summed E-state index contributed by atoms with van der Waals surface area (Å²) in [5.74, 6) is 0.201. The van der Waals surface area contributed by atoms with Crippen LogP contribution in [0, 0.1) is 5.92 Å². The molecule has 0 atom stereocenters. The smallest absolute Gasteiger partial charge is 0.270 e. The van der Waals surface area contributed by atoms with Crippen molar-refractivity contribution >= 4 is 29.0 Å². The number of hydrogen-bond donors (Lipinski definition) is 3. The molecule has 2 heterocycles. The van der Waals surface area contributed by atoms with Crippen molar-refractivity contribution in [3.8, 4) is 5.13 Å². The fraction of sp³-hybridized carbons (Fsp3) is 0.600. The lowest BCUT2D eigenvalue weighted by molar-refractivity contribution is 0.0917. The molecular formula is C15H24N6O3S2. The maximum absolute atomic E-state index is 12.1. The number of nitrogens with zero attached hydrogens (tertiary/aromatic N) is 5. The van der Waals surface area contributed by atoms with Crippen LogP contribution in [-0.2, 0) is 0 Å². The molecule has 2 aromatic heterocycles. The highest BCUT2D eigenvalue weighted by Crippen LogP contribution is 2.22. The Balaban J connectivity index is 1.95. The van der Waals surface area contributed by atoms with E-state index in [4.69, 9.17) is 10.2 Å². The van der Waals surface area contributed by atoms with E-state index >= 15 is 0 Å². The normalized spacial score (nSPS) is 11.5. The van der Waals surface area contributed by atoms with Gasteiger partial charge in [0.15, 0.2) is 10.3 Å². The Morgan fingerprint density at radius 2 is 2.19 bits per heavy atom. The van der Waals surface area contributed by atoms with E-state index in [0.717, 1.165) is 23.9 Å². The van der Waals surface area contributed by atoms with Crippen LogP contribution in [0.25, 0.3) is 5.13 Å². The Labute approximate surface area is 160 Å². The molecule has 0 spiro atoms. The standard InChI is InChI=1S/C15H24N6O3S2/c1-20(2)4-3-5-25-15-19-17-10-21(15)14-18-12(9-26-14)13(24)16-6-11(7-22)8-23/h9-11,22-23H,3-8H2,1-2H3,(H,16,24). The molecule has 9 nitrogen and oxygen atoms in total. The first-order valence-corrected chi connectivity index (χ1v) is 10.0. The minimum atomic E-state index is -0.375. The lowest BCUT2D eigenvalue weighted by Gasteiger charge is -2.10. The monoisotopic (exact) mass is 400 g/mol. The Morgan fingerprint density at radius 1 is 1.42 bits per heavy atom. The highest BCUT2D eigenvalue weighted by molar-refractivity contribution is 7.99. The summed E-state index contributed by atoms with van der Waals surface area (Å²) in [6.07, 6.45) is 2.62. The zero-order chi connectivity index (χ0) is 18.9. The minimum Gasteiger partial charge on any atom is -0.396 e. The highest BCUT2D eigenvalue weighted by Gasteiger charge is 2.16. The number of nitrogens with one attached hydrogen (secondary N) is 1. The number of aliphatic hydroxyl groups is 2. The largest absolute Gasteiger partial charge is 0.396 e. The maximum Gasteiger partial charge on any atom is 0.270 e. The van der Waals surface area contributed by atoms with E-state index in [1.807, 2.05) is 14.1 Å². The first kappa shape index (κ1) is 20.8. The van der Waals surface area contributed by atoms with Crippen LogP contribution in [0.1, 0.15) is 16.9 Å². The number of carbonyl (C=O) groups excluding carboxylic acids is 1. The SMILES string of the molecule is CN(C)CCCSc1nncn1-c1nc(C(=O)NCC(CO)CO)cs1. The van der Waals surface area contributed by atoms with E-state index in [1.165, 1.54) is 11.3 Å². The fourth-order valence-electron chi connectivity index (χ4n) is 1.99. The molecule has 2 rings (SSSR count). The van der Waals surface area contributed by atoms with Crippen LogP contribution >= 0.6 is 23.1 Å². The van der Waals surface area contributed by atoms with Crippen LogP contribution in [0.15, 0.2) is 16.9 Å². The summed E-state index contributed by atoms with van der Waals surface area (Å²) in [6.45, 7) is 0.825. The van der Waals surface area contributed by atoms with Gasteiger partial charge in [-0.2, -0.15) is 0 Å². The summed E-state index contributed by atoms with van der Waals surface area (Å²) in [6, 6.07) is 0. The molecular weight excluding hydrogens is 376 g/mol. The van der Waals surface area contributed by atoms with Crippen molar-refractivity contribution in [2.75, 3.05) is 46.2 Å². The van der Waals surface area contributed by atoms with Crippen molar-refractivity contribution < 1.29 is 15.0 Å². The van der Waals surface area contributed by atoms with Gasteiger partial charge in [-0.3, -0.25) is 9.36 Å².